The van der Waals surface area contributed by atoms with E-state index in [2.05, 4.69) is 24.3 Å². The first-order valence-electron chi connectivity index (χ1n) is 7.87. The number of ether oxygens (including phenoxy) is 1. The van der Waals surface area contributed by atoms with Crippen molar-refractivity contribution in [2.24, 2.45) is 5.92 Å². The summed E-state index contributed by atoms with van der Waals surface area (Å²) in [4.78, 5) is 12.2. The Morgan fingerprint density at radius 1 is 1.40 bits per heavy atom. The lowest BCUT2D eigenvalue weighted by atomic mass is 10.2. The van der Waals surface area contributed by atoms with E-state index in [0.29, 0.717) is 27.5 Å². The van der Waals surface area contributed by atoms with Gasteiger partial charge in [0.25, 0.3) is 0 Å². The average molecular weight is 382 g/mol. The minimum Gasteiger partial charge on any atom is -0.495 e. The average Bonchev–Trinajstić information content (AvgIpc) is 2.79. The summed E-state index contributed by atoms with van der Waals surface area (Å²) in [6.45, 7) is 6.77. The smallest absolute Gasteiger partial charge is 0.248 e. The number of aryl methyl sites for hydroxylation is 1. The quantitative estimate of drug-likeness (QED) is 0.729. The number of nitrogens with zero attached hydrogens (tertiary/aromatic N) is 2. The van der Waals surface area contributed by atoms with E-state index in [9.17, 15) is 4.79 Å². The molecule has 0 saturated heterocycles. The summed E-state index contributed by atoms with van der Waals surface area (Å²) in [5, 5.41) is 8.19. The summed E-state index contributed by atoms with van der Waals surface area (Å²) in [7, 11) is 1.53. The van der Waals surface area contributed by atoms with Crippen LogP contribution in [0.4, 0.5) is 5.69 Å². The molecule has 0 saturated carbocycles. The Morgan fingerprint density at radius 2 is 2.12 bits per heavy atom. The van der Waals surface area contributed by atoms with E-state index in [0.717, 1.165) is 17.8 Å². The van der Waals surface area contributed by atoms with Crippen LogP contribution in [0.15, 0.2) is 24.3 Å². The summed E-state index contributed by atoms with van der Waals surface area (Å²) >= 11 is 12.3. The molecule has 1 aromatic heterocycles. The van der Waals surface area contributed by atoms with Crippen LogP contribution in [0, 0.1) is 12.8 Å². The van der Waals surface area contributed by atoms with Crippen LogP contribution in [0.25, 0.3) is 6.08 Å². The highest BCUT2D eigenvalue weighted by Gasteiger charge is 2.13. The zero-order valence-corrected chi connectivity index (χ0v) is 16.1. The van der Waals surface area contributed by atoms with Crippen molar-refractivity contribution in [2.45, 2.75) is 27.3 Å². The molecule has 0 unspecified atom stereocenters. The molecule has 0 aliphatic carbocycles. The fourth-order valence-electron chi connectivity index (χ4n) is 2.33. The van der Waals surface area contributed by atoms with Gasteiger partial charge in [0.05, 0.1) is 18.5 Å². The second kappa shape index (κ2) is 8.41. The Morgan fingerprint density at radius 3 is 2.76 bits per heavy atom. The first kappa shape index (κ1) is 19.3. The van der Waals surface area contributed by atoms with Gasteiger partial charge >= 0.3 is 0 Å². The number of hydrogen-bond donors (Lipinski definition) is 1. The Balaban J connectivity index is 2.16. The molecule has 0 radical (unpaired) electrons. The maximum Gasteiger partial charge on any atom is 0.248 e. The fraction of sp³-hybridized carbons (Fsp3) is 0.333. The van der Waals surface area contributed by atoms with Crippen molar-refractivity contribution in [3.05, 3.63) is 45.7 Å². The third kappa shape index (κ3) is 5.00. The van der Waals surface area contributed by atoms with Crippen molar-refractivity contribution in [3.8, 4) is 5.75 Å². The molecule has 0 fully saturated rings. The van der Waals surface area contributed by atoms with Gasteiger partial charge < -0.3 is 10.1 Å². The number of anilines is 1. The molecule has 2 aromatic rings. The summed E-state index contributed by atoms with van der Waals surface area (Å²) in [5.74, 6) is 0.644. The van der Waals surface area contributed by atoms with Crippen molar-refractivity contribution >= 4 is 40.9 Å². The SMILES string of the molecule is COc1ccc(Cl)cc1NC(=O)/C=C/c1c(C)nn(CC(C)C)c1Cl. The molecule has 1 aromatic carbocycles. The monoisotopic (exact) mass is 381 g/mol. The van der Waals surface area contributed by atoms with E-state index < -0.39 is 0 Å². The van der Waals surface area contributed by atoms with Crippen LogP contribution >= 0.6 is 23.2 Å². The minimum atomic E-state index is -0.312. The maximum atomic E-state index is 12.2. The van der Waals surface area contributed by atoms with E-state index in [1.165, 1.54) is 13.2 Å². The van der Waals surface area contributed by atoms with Gasteiger partial charge in [-0.05, 0) is 37.1 Å². The summed E-state index contributed by atoms with van der Waals surface area (Å²) < 4.78 is 6.96. The van der Waals surface area contributed by atoms with E-state index in [-0.39, 0.29) is 5.91 Å². The third-order valence-electron chi connectivity index (χ3n) is 3.47. The second-order valence-electron chi connectivity index (χ2n) is 6.03. The molecular formula is C18H21Cl2N3O2. The summed E-state index contributed by atoms with van der Waals surface area (Å²) in [5.41, 5.74) is 2.01. The van der Waals surface area contributed by atoms with Crippen LogP contribution in [-0.2, 0) is 11.3 Å². The van der Waals surface area contributed by atoms with Crippen LogP contribution in [0.1, 0.15) is 25.1 Å². The molecule has 0 aliphatic heterocycles. The summed E-state index contributed by atoms with van der Waals surface area (Å²) in [6.07, 6.45) is 3.07. The molecule has 1 heterocycles. The van der Waals surface area contributed by atoms with Crippen LogP contribution in [0.2, 0.25) is 10.2 Å². The Bertz CT molecular complexity index is 798. The molecule has 7 heteroatoms. The first-order chi connectivity index (χ1) is 11.8. The van der Waals surface area contributed by atoms with Gasteiger partial charge in [-0.1, -0.05) is 37.0 Å². The van der Waals surface area contributed by atoms with Gasteiger partial charge in [-0.15, -0.1) is 0 Å². The predicted octanol–water partition coefficient (Wildman–Crippen LogP) is 4.81. The molecule has 1 N–H and O–H groups in total. The van der Waals surface area contributed by atoms with Gasteiger partial charge in [0, 0.05) is 23.2 Å². The van der Waals surface area contributed by atoms with Crippen molar-refractivity contribution in [2.75, 3.05) is 12.4 Å². The molecular weight excluding hydrogens is 361 g/mol. The highest BCUT2D eigenvalue weighted by atomic mass is 35.5. The summed E-state index contributed by atoms with van der Waals surface area (Å²) in [6, 6.07) is 5.02. The number of benzene rings is 1. The normalized spacial score (nSPS) is 11.3. The number of nitrogens with one attached hydrogen (secondary N) is 1. The molecule has 0 spiro atoms. The van der Waals surface area contributed by atoms with Crippen molar-refractivity contribution in [1.82, 2.24) is 9.78 Å². The Labute approximate surface area is 157 Å². The lowest BCUT2D eigenvalue weighted by Crippen LogP contribution is -2.09. The number of rotatable bonds is 6. The minimum absolute atomic E-state index is 0.312. The van der Waals surface area contributed by atoms with E-state index in [1.54, 1.807) is 29.0 Å². The second-order valence-corrected chi connectivity index (χ2v) is 6.83. The first-order valence-corrected chi connectivity index (χ1v) is 8.63. The number of carbonyl (C=O) groups is 1. The number of methoxy groups -OCH3 is 1. The molecule has 5 nitrogen and oxygen atoms in total. The Kier molecular flexibility index (Phi) is 6.51. The molecule has 2 rings (SSSR count). The lowest BCUT2D eigenvalue weighted by molar-refractivity contribution is -0.111. The number of hydrogen-bond acceptors (Lipinski definition) is 3. The van der Waals surface area contributed by atoms with E-state index >= 15 is 0 Å². The third-order valence-corrected chi connectivity index (χ3v) is 4.10. The van der Waals surface area contributed by atoms with Gasteiger partial charge in [-0.3, -0.25) is 9.48 Å². The molecule has 25 heavy (non-hydrogen) atoms. The molecule has 0 atom stereocenters. The van der Waals surface area contributed by atoms with Crippen molar-refractivity contribution in [1.29, 1.82) is 0 Å². The zero-order valence-electron chi connectivity index (χ0n) is 14.6. The Hall–Kier alpha value is -1.98. The van der Waals surface area contributed by atoms with Crippen molar-refractivity contribution < 1.29 is 9.53 Å². The van der Waals surface area contributed by atoms with Gasteiger partial charge in [-0.25, -0.2) is 0 Å². The van der Waals surface area contributed by atoms with Crippen LogP contribution in [0.5, 0.6) is 5.75 Å². The van der Waals surface area contributed by atoms with E-state index in [1.807, 2.05) is 6.92 Å². The van der Waals surface area contributed by atoms with Crippen LogP contribution in [-0.4, -0.2) is 22.8 Å². The predicted molar refractivity (Wildman–Crippen MR) is 102 cm³/mol. The standard InChI is InChI=1S/C18H21Cl2N3O2/c1-11(2)10-23-18(20)14(12(3)22-23)6-8-17(24)21-15-9-13(19)5-7-16(15)25-4/h5-9,11H,10H2,1-4H3,(H,21,24)/b8-6+. The maximum absolute atomic E-state index is 12.2. The lowest BCUT2D eigenvalue weighted by Gasteiger charge is -2.09. The molecule has 0 aliphatic rings. The topological polar surface area (TPSA) is 56.1 Å². The number of amides is 1. The number of aromatic nitrogens is 2. The van der Waals surface area contributed by atoms with Crippen LogP contribution < -0.4 is 10.1 Å². The largest absolute Gasteiger partial charge is 0.495 e. The molecule has 0 bridgehead atoms. The van der Waals surface area contributed by atoms with E-state index in [4.69, 9.17) is 27.9 Å². The van der Waals surface area contributed by atoms with Gasteiger partial charge in [0.2, 0.25) is 5.91 Å². The zero-order chi connectivity index (χ0) is 18.6. The fourth-order valence-corrected chi connectivity index (χ4v) is 2.81. The van der Waals surface area contributed by atoms with Crippen molar-refractivity contribution in [3.63, 3.8) is 0 Å². The molecule has 1 amide bonds. The molecule has 134 valence electrons. The van der Waals surface area contributed by atoms with Gasteiger partial charge in [-0.2, -0.15) is 5.10 Å². The van der Waals surface area contributed by atoms with Gasteiger partial charge in [0.1, 0.15) is 10.9 Å². The highest BCUT2D eigenvalue weighted by Crippen LogP contribution is 2.28. The van der Waals surface area contributed by atoms with Gasteiger partial charge in [0.15, 0.2) is 0 Å². The van der Waals surface area contributed by atoms with Crippen LogP contribution in [0.3, 0.4) is 0 Å². The number of halogens is 2. The number of carbonyl (C=O) groups excluding carboxylic acids is 1. The highest BCUT2D eigenvalue weighted by molar-refractivity contribution is 6.31.